The van der Waals surface area contributed by atoms with Gasteiger partial charge < -0.3 is 4.57 Å². The van der Waals surface area contributed by atoms with Crippen LogP contribution in [0.4, 0.5) is 5.69 Å². The lowest BCUT2D eigenvalue weighted by molar-refractivity contribution is -0.384. The van der Waals surface area contributed by atoms with Gasteiger partial charge in [0.1, 0.15) is 5.02 Å². The van der Waals surface area contributed by atoms with E-state index in [9.17, 15) is 14.9 Å². The first-order chi connectivity index (χ1) is 10.4. The lowest BCUT2D eigenvalue weighted by atomic mass is 9.88. The van der Waals surface area contributed by atoms with Gasteiger partial charge in [-0.3, -0.25) is 14.9 Å². The number of hydrogen-bond donors (Lipinski definition) is 0. The SMILES string of the molecule is Cc1cc2c(n1-c1ccc(Cl)c([N+](=O)[O-])c1)C[C@H](C)CC2=O. The molecule has 0 unspecified atom stereocenters. The van der Waals surface area contributed by atoms with Crippen LogP contribution < -0.4 is 0 Å². The molecular weight excluding hydrogens is 304 g/mol. The number of halogens is 1. The van der Waals surface area contributed by atoms with E-state index in [2.05, 4.69) is 0 Å². The van der Waals surface area contributed by atoms with E-state index in [-0.39, 0.29) is 22.4 Å². The van der Waals surface area contributed by atoms with Crippen molar-refractivity contribution in [2.75, 3.05) is 0 Å². The Morgan fingerprint density at radius 1 is 1.32 bits per heavy atom. The fourth-order valence-electron chi connectivity index (χ4n) is 3.10. The molecule has 0 amide bonds. The second-order valence-corrected chi connectivity index (χ2v) is 6.22. The molecule has 2 aromatic rings. The number of rotatable bonds is 2. The summed E-state index contributed by atoms with van der Waals surface area (Å²) in [5.41, 5.74) is 3.09. The van der Waals surface area contributed by atoms with Crippen LogP contribution in [0.15, 0.2) is 24.3 Å². The van der Waals surface area contributed by atoms with Gasteiger partial charge in [0.2, 0.25) is 0 Å². The van der Waals surface area contributed by atoms with Crippen LogP contribution in [0.5, 0.6) is 0 Å². The van der Waals surface area contributed by atoms with Gasteiger partial charge in [-0.05, 0) is 37.5 Å². The number of fused-ring (bicyclic) bond motifs is 1. The maximum atomic E-state index is 12.2. The van der Waals surface area contributed by atoms with Crippen molar-refractivity contribution in [2.45, 2.75) is 26.7 Å². The average Bonchev–Trinajstić information content (AvgIpc) is 2.76. The molecule has 0 saturated carbocycles. The number of carbonyl (C=O) groups is 1. The standard InChI is InChI=1S/C16H15ClN2O3/c1-9-5-14-12(16(20)6-9)7-10(2)18(14)11-3-4-13(17)15(8-11)19(21)22/h3-4,7-9H,5-6H2,1-2H3/t9-/m0/s1. The van der Waals surface area contributed by atoms with Crippen LogP contribution in [0, 0.1) is 23.0 Å². The Hall–Kier alpha value is -2.14. The second-order valence-electron chi connectivity index (χ2n) is 5.81. The minimum Gasteiger partial charge on any atom is -0.317 e. The largest absolute Gasteiger partial charge is 0.317 e. The molecule has 1 heterocycles. The van der Waals surface area contributed by atoms with Gasteiger partial charge >= 0.3 is 0 Å². The van der Waals surface area contributed by atoms with Gasteiger partial charge in [-0.25, -0.2) is 0 Å². The zero-order valence-corrected chi connectivity index (χ0v) is 13.1. The molecule has 1 aliphatic carbocycles. The van der Waals surface area contributed by atoms with Gasteiger partial charge in [-0.1, -0.05) is 18.5 Å². The van der Waals surface area contributed by atoms with E-state index in [1.165, 1.54) is 12.1 Å². The summed E-state index contributed by atoms with van der Waals surface area (Å²) < 4.78 is 1.92. The highest BCUT2D eigenvalue weighted by atomic mass is 35.5. The lowest BCUT2D eigenvalue weighted by Gasteiger charge is -2.20. The van der Waals surface area contributed by atoms with Crippen molar-refractivity contribution < 1.29 is 9.72 Å². The van der Waals surface area contributed by atoms with E-state index >= 15 is 0 Å². The molecule has 0 aliphatic heterocycles. The molecule has 1 aromatic heterocycles. The average molecular weight is 319 g/mol. The van der Waals surface area contributed by atoms with Crippen molar-refractivity contribution in [1.29, 1.82) is 0 Å². The van der Waals surface area contributed by atoms with E-state index in [4.69, 9.17) is 11.6 Å². The zero-order chi connectivity index (χ0) is 16.0. The molecule has 1 aliphatic rings. The summed E-state index contributed by atoms with van der Waals surface area (Å²) in [7, 11) is 0. The molecular formula is C16H15ClN2O3. The molecule has 0 N–H and O–H groups in total. The highest BCUT2D eigenvalue weighted by Crippen LogP contribution is 2.33. The summed E-state index contributed by atoms with van der Waals surface area (Å²) in [6, 6.07) is 6.59. The third kappa shape index (κ3) is 2.31. The van der Waals surface area contributed by atoms with Gasteiger partial charge in [0.25, 0.3) is 5.69 Å². The van der Waals surface area contributed by atoms with Crippen molar-refractivity contribution in [3.05, 3.63) is 56.4 Å². The molecule has 114 valence electrons. The van der Waals surface area contributed by atoms with Crippen LogP contribution in [0.25, 0.3) is 5.69 Å². The van der Waals surface area contributed by atoms with Crippen LogP contribution in [0.1, 0.15) is 35.1 Å². The second kappa shape index (κ2) is 5.25. The number of ketones is 1. The molecule has 0 bridgehead atoms. The topological polar surface area (TPSA) is 65.1 Å². The van der Waals surface area contributed by atoms with Gasteiger partial charge in [0.15, 0.2) is 5.78 Å². The number of nitro benzene ring substituents is 1. The molecule has 0 spiro atoms. The highest BCUT2D eigenvalue weighted by Gasteiger charge is 2.27. The van der Waals surface area contributed by atoms with Crippen molar-refractivity contribution in [3.8, 4) is 5.69 Å². The summed E-state index contributed by atoms with van der Waals surface area (Å²) in [5.74, 6) is 0.411. The molecule has 1 atom stereocenters. The minimum absolute atomic E-state index is 0.108. The Bertz CT molecular complexity index is 795. The van der Waals surface area contributed by atoms with Gasteiger partial charge in [-0.15, -0.1) is 0 Å². The van der Waals surface area contributed by atoms with Gasteiger partial charge in [0, 0.05) is 29.4 Å². The Morgan fingerprint density at radius 2 is 2.05 bits per heavy atom. The number of benzene rings is 1. The van der Waals surface area contributed by atoms with Crippen molar-refractivity contribution >= 4 is 23.1 Å². The molecule has 3 rings (SSSR count). The molecule has 6 heteroatoms. The zero-order valence-electron chi connectivity index (χ0n) is 12.3. The maximum absolute atomic E-state index is 12.2. The number of nitro groups is 1. The van der Waals surface area contributed by atoms with Crippen molar-refractivity contribution in [3.63, 3.8) is 0 Å². The van der Waals surface area contributed by atoms with Crippen molar-refractivity contribution in [2.24, 2.45) is 5.92 Å². The van der Waals surface area contributed by atoms with E-state index in [1.54, 1.807) is 6.07 Å². The maximum Gasteiger partial charge on any atom is 0.289 e. The summed E-state index contributed by atoms with van der Waals surface area (Å²) in [5, 5.41) is 11.2. The van der Waals surface area contributed by atoms with Gasteiger partial charge in [-0.2, -0.15) is 0 Å². The number of aromatic nitrogens is 1. The normalized spacial score (nSPS) is 17.4. The number of carbonyl (C=O) groups excluding carboxylic acids is 1. The van der Waals surface area contributed by atoms with E-state index in [1.807, 2.05) is 24.5 Å². The van der Waals surface area contributed by atoms with Crippen LogP contribution in [-0.2, 0) is 6.42 Å². The van der Waals surface area contributed by atoms with Crippen LogP contribution in [0.3, 0.4) is 0 Å². The molecule has 0 saturated heterocycles. The Balaban J connectivity index is 2.20. The Kier molecular flexibility index (Phi) is 3.53. The minimum atomic E-state index is -0.495. The molecule has 1 aromatic carbocycles. The summed E-state index contributed by atoms with van der Waals surface area (Å²) in [6.07, 6.45) is 1.34. The monoisotopic (exact) mass is 318 g/mol. The molecule has 0 radical (unpaired) electrons. The molecule has 22 heavy (non-hydrogen) atoms. The fourth-order valence-corrected chi connectivity index (χ4v) is 3.29. The number of nitrogens with zero attached hydrogens (tertiary/aromatic N) is 2. The van der Waals surface area contributed by atoms with E-state index in [0.29, 0.717) is 12.1 Å². The van der Waals surface area contributed by atoms with E-state index in [0.717, 1.165) is 23.4 Å². The van der Waals surface area contributed by atoms with Crippen LogP contribution in [-0.4, -0.2) is 15.3 Å². The first-order valence-corrected chi connectivity index (χ1v) is 7.45. The van der Waals surface area contributed by atoms with Crippen LogP contribution >= 0.6 is 11.6 Å². The predicted octanol–water partition coefficient (Wildman–Crippen LogP) is 4.11. The van der Waals surface area contributed by atoms with Crippen LogP contribution in [0.2, 0.25) is 5.02 Å². The summed E-state index contributed by atoms with van der Waals surface area (Å²) in [4.78, 5) is 22.8. The molecule has 0 fully saturated rings. The fraction of sp³-hybridized carbons (Fsp3) is 0.312. The van der Waals surface area contributed by atoms with Gasteiger partial charge in [0.05, 0.1) is 10.6 Å². The third-order valence-corrected chi connectivity index (χ3v) is 4.37. The highest BCUT2D eigenvalue weighted by molar-refractivity contribution is 6.32. The Morgan fingerprint density at radius 3 is 2.73 bits per heavy atom. The third-order valence-electron chi connectivity index (χ3n) is 4.05. The summed E-state index contributed by atoms with van der Waals surface area (Å²) >= 11 is 5.88. The first-order valence-electron chi connectivity index (χ1n) is 7.07. The van der Waals surface area contributed by atoms with E-state index < -0.39 is 4.92 Å². The summed E-state index contributed by atoms with van der Waals surface area (Å²) in [6.45, 7) is 3.94. The first kappa shape index (κ1) is 14.8. The smallest absolute Gasteiger partial charge is 0.289 e. The van der Waals surface area contributed by atoms with Crippen molar-refractivity contribution in [1.82, 2.24) is 4.57 Å². The quantitative estimate of drug-likeness (QED) is 0.618. The molecule has 5 nitrogen and oxygen atoms in total. The Labute approximate surface area is 132 Å². The lowest BCUT2D eigenvalue weighted by Crippen LogP contribution is -2.19. The number of Topliss-reactive ketones (excluding diaryl/α,β-unsaturated/α-hetero) is 1. The number of hydrogen-bond acceptors (Lipinski definition) is 3. The number of aryl methyl sites for hydroxylation is 1. The predicted molar refractivity (Wildman–Crippen MR) is 84.0 cm³/mol.